The second kappa shape index (κ2) is 8.13. The van der Waals surface area contributed by atoms with E-state index in [2.05, 4.69) is 22.5 Å². The summed E-state index contributed by atoms with van der Waals surface area (Å²) in [5, 5.41) is 7.01. The zero-order chi connectivity index (χ0) is 12.6. The van der Waals surface area contributed by atoms with E-state index in [1.807, 2.05) is 0 Å². The van der Waals surface area contributed by atoms with Crippen molar-refractivity contribution < 1.29 is 0 Å². The van der Waals surface area contributed by atoms with E-state index in [4.69, 9.17) is 0 Å². The number of nitrogens with one attached hydrogen (secondary N) is 2. The summed E-state index contributed by atoms with van der Waals surface area (Å²) in [5.41, 5.74) is 0. The van der Waals surface area contributed by atoms with E-state index < -0.39 is 0 Å². The van der Waals surface area contributed by atoms with Crippen molar-refractivity contribution in [1.82, 2.24) is 15.5 Å². The van der Waals surface area contributed by atoms with Crippen LogP contribution in [0, 0.1) is 5.92 Å². The summed E-state index contributed by atoms with van der Waals surface area (Å²) in [6.07, 6.45) is 8.69. The fourth-order valence-electron chi connectivity index (χ4n) is 3.47. The molecule has 0 aromatic carbocycles. The first-order chi connectivity index (χ1) is 8.90. The van der Waals surface area contributed by atoms with Gasteiger partial charge < -0.3 is 10.6 Å². The first-order valence-corrected chi connectivity index (χ1v) is 8.05. The first-order valence-electron chi connectivity index (χ1n) is 8.05. The van der Waals surface area contributed by atoms with Crippen LogP contribution in [-0.2, 0) is 0 Å². The van der Waals surface area contributed by atoms with E-state index >= 15 is 0 Å². The number of nitrogens with zero attached hydrogens (tertiary/aromatic N) is 1. The van der Waals surface area contributed by atoms with Crippen molar-refractivity contribution in [2.24, 2.45) is 5.92 Å². The Bertz CT molecular complexity index is 214. The Morgan fingerprint density at radius 3 is 2.83 bits per heavy atom. The minimum absolute atomic E-state index is 0.763. The molecular formula is C15H31N3. The minimum atomic E-state index is 0.763. The zero-order valence-electron chi connectivity index (χ0n) is 12.1. The fourth-order valence-corrected chi connectivity index (χ4v) is 3.47. The monoisotopic (exact) mass is 253 g/mol. The smallest absolute Gasteiger partial charge is 0.0233 e. The lowest BCUT2D eigenvalue weighted by Crippen LogP contribution is -2.52. The summed E-state index contributed by atoms with van der Waals surface area (Å²) < 4.78 is 0. The Kier molecular flexibility index (Phi) is 6.46. The quantitative estimate of drug-likeness (QED) is 0.678. The van der Waals surface area contributed by atoms with Crippen LogP contribution in [0.2, 0.25) is 0 Å². The molecular weight excluding hydrogens is 222 g/mol. The summed E-state index contributed by atoms with van der Waals surface area (Å²) in [5.74, 6) is 1.04. The van der Waals surface area contributed by atoms with Crippen LogP contribution in [0.4, 0.5) is 0 Å². The maximum Gasteiger partial charge on any atom is 0.0233 e. The van der Waals surface area contributed by atoms with Crippen molar-refractivity contribution in [3.8, 4) is 0 Å². The summed E-state index contributed by atoms with van der Waals surface area (Å²) in [4.78, 5) is 2.74. The third-order valence-electron chi connectivity index (χ3n) is 4.68. The standard InChI is InChI=1S/C15H31N3/c1-2-16-9-7-15-13-17-10-12-18(15)11-8-14-5-3-4-6-14/h14-17H,2-13H2,1H3. The van der Waals surface area contributed by atoms with Gasteiger partial charge in [0, 0.05) is 25.7 Å². The molecule has 1 saturated carbocycles. The van der Waals surface area contributed by atoms with Gasteiger partial charge in [-0.3, -0.25) is 4.90 Å². The molecule has 3 heteroatoms. The fraction of sp³-hybridized carbons (Fsp3) is 1.00. The molecule has 1 heterocycles. The molecule has 1 unspecified atom stereocenters. The summed E-state index contributed by atoms with van der Waals surface area (Å²) >= 11 is 0. The van der Waals surface area contributed by atoms with Crippen LogP contribution in [0.1, 0.15) is 45.4 Å². The molecule has 3 nitrogen and oxygen atoms in total. The predicted octanol–water partition coefficient (Wildman–Crippen LogP) is 1.84. The second-order valence-corrected chi connectivity index (χ2v) is 5.98. The molecule has 1 saturated heterocycles. The SMILES string of the molecule is CCNCCC1CNCCN1CCC1CCCC1. The van der Waals surface area contributed by atoms with Gasteiger partial charge in [-0.05, 0) is 38.4 Å². The molecule has 2 aliphatic rings. The lowest BCUT2D eigenvalue weighted by Gasteiger charge is -2.37. The highest BCUT2D eigenvalue weighted by Crippen LogP contribution is 2.28. The van der Waals surface area contributed by atoms with Gasteiger partial charge in [-0.2, -0.15) is 0 Å². The van der Waals surface area contributed by atoms with Gasteiger partial charge in [0.2, 0.25) is 0 Å². The van der Waals surface area contributed by atoms with E-state index in [0.717, 1.165) is 18.5 Å². The molecule has 2 fully saturated rings. The molecule has 2 N–H and O–H groups in total. The van der Waals surface area contributed by atoms with Gasteiger partial charge in [-0.15, -0.1) is 0 Å². The molecule has 0 aromatic heterocycles. The highest BCUT2D eigenvalue weighted by atomic mass is 15.2. The average molecular weight is 253 g/mol. The molecule has 2 rings (SSSR count). The third-order valence-corrected chi connectivity index (χ3v) is 4.68. The highest BCUT2D eigenvalue weighted by Gasteiger charge is 2.23. The Balaban J connectivity index is 1.68. The lowest BCUT2D eigenvalue weighted by atomic mass is 10.0. The number of piperazine rings is 1. The van der Waals surface area contributed by atoms with Gasteiger partial charge in [0.1, 0.15) is 0 Å². The molecule has 0 amide bonds. The largest absolute Gasteiger partial charge is 0.317 e. The van der Waals surface area contributed by atoms with Gasteiger partial charge in [0.15, 0.2) is 0 Å². The van der Waals surface area contributed by atoms with Gasteiger partial charge in [-0.1, -0.05) is 32.6 Å². The van der Waals surface area contributed by atoms with Gasteiger partial charge in [0.05, 0.1) is 0 Å². The first kappa shape index (κ1) is 14.3. The Hall–Kier alpha value is -0.120. The Morgan fingerprint density at radius 1 is 1.22 bits per heavy atom. The molecule has 106 valence electrons. The van der Waals surface area contributed by atoms with E-state index in [9.17, 15) is 0 Å². The Morgan fingerprint density at radius 2 is 2.06 bits per heavy atom. The molecule has 0 bridgehead atoms. The molecule has 1 aliphatic heterocycles. The third kappa shape index (κ3) is 4.52. The normalized spacial score (nSPS) is 26.8. The zero-order valence-corrected chi connectivity index (χ0v) is 12.1. The van der Waals surface area contributed by atoms with Crippen molar-refractivity contribution in [1.29, 1.82) is 0 Å². The molecule has 18 heavy (non-hydrogen) atoms. The van der Waals surface area contributed by atoms with Crippen LogP contribution in [-0.4, -0.2) is 50.2 Å². The molecule has 0 radical (unpaired) electrons. The van der Waals surface area contributed by atoms with Crippen LogP contribution in [0.25, 0.3) is 0 Å². The molecule has 0 aromatic rings. The number of hydrogen-bond donors (Lipinski definition) is 2. The average Bonchev–Trinajstić information content (AvgIpc) is 2.91. The van der Waals surface area contributed by atoms with E-state index in [1.54, 1.807) is 0 Å². The topological polar surface area (TPSA) is 27.3 Å². The second-order valence-electron chi connectivity index (χ2n) is 5.98. The number of hydrogen-bond acceptors (Lipinski definition) is 3. The van der Waals surface area contributed by atoms with Crippen molar-refractivity contribution in [2.75, 3.05) is 39.3 Å². The van der Waals surface area contributed by atoms with Crippen molar-refractivity contribution in [3.05, 3.63) is 0 Å². The summed E-state index contributed by atoms with van der Waals surface area (Å²) in [6, 6.07) is 0.763. The summed E-state index contributed by atoms with van der Waals surface area (Å²) in [6.45, 7) is 9.42. The Labute approximate surface area is 113 Å². The molecule has 1 aliphatic carbocycles. The van der Waals surface area contributed by atoms with E-state index in [1.165, 1.54) is 71.2 Å². The maximum absolute atomic E-state index is 3.55. The van der Waals surface area contributed by atoms with Crippen LogP contribution in [0.3, 0.4) is 0 Å². The predicted molar refractivity (Wildman–Crippen MR) is 78.0 cm³/mol. The number of rotatable bonds is 7. The molecule has 1 atom stereocenters. The van der Waals surface area contributed by atoms with E-state index in [-0.39, 0.29) is 0 Å². The lowest BCUT2D eigenvalue weighted by molar-refractivity contribution is 0.143. The molecule has 0 spiro atoms. The van der Waals surface area contributed by atoms with Crippen LogP contribution >= 0.6 is 0 Å². The van der Waals surface area contributed by atoms with Crippen LogP contribution < -0.4 is 10.6 Å². The van der Waals surface area contributed by atoms with Crippen molar-refractivity contribution in [3.63, 3.8) is 0 Å². The van der Waals surface area contributed by atoms with Crippen LogP contribution in [0.5, 0.6) is 0 Å². The highest BCUT2D eigenvalue weighted by molar-refractivity contribution is 4.81. The minimum Gasteiger partial charge on any atom is -0.317 e. The summed E-state index contributed by atoms with van der Waals surface area (Å²) in [7, 11) is 0. The van der Waals surface area contributed by atoms with Gasteiger partial charge >= 0.3 is 0 Å². The van der Waals surface area contributed by atoms with Crippen LogP contribution in [0.15, 0.2) is 0 Å². The van der Waals surface area contributed by atoms with Gasteiger partial charge in [-0.25, -0.2) is 0 Å². The van der Waals surface area contributed by atoms with E-state index in [0.29, 0.717) is 0 Å². The van der Waals surface area contributed by atoms with Crippen molar-refractivity contribution in [2.45, 2.75) is 51.5 Å². The maximum atomic E-state index is 3.55. The van der Waals surface area contributed by atoms with Gasteiger partial charge in [0.25, 0.3) is 0 Å². The van der Waals surface area contributed by atoms with Crippen molar-refractivity contribution >= 4 is 0 Å².